The van der Waals surface area contributed by atoms with Crippen LogP contribution in [0.5, 0.6) is 0 Å². The molecule has 0 atom stereocenters. The Balaban J connectivity index is 1.71. The molecule has 0 aromatic rings. The Labute approximate surface area is 103 Å². The van der Waals surface area contributed by atoms with Gasteiger partial charge in [0.05, 0.1) is 19.3 Å². The zero-order chi connectivity index (χ0) is 11.6. The summed E-state index contributed by atoms with van der Waals surface area (Å²) in [6.45, 7) is 6.55. The number of ether oxygens (including phenoxy) is 2. The van der Waals surface area contributed by atoms with Gasteiger partial charge in [-0.3, -0.25) is 0 Å². The van der Waals surface area contributed by atoms with Crippen LogP contribution in [0.4, 0.5) is 0 Å². The first-order chi connectivity index (χ1) is 7.55. The van der Waals surface area contributed by atoms with Crippen LogP contribution in [-0.4, -0.2) is 42.6 Å². The molecule has 2 fully saturated rings. The van der Waals surface area contributed by atoms with Crippen LogP contribution in [0.15, 0.2) is 0 Å². The lowest BCUT2D eigenvalue weighted by atomic mass is 9.84. The Morgan fingerprint density at radius 1 is 1.25 bits per heavy atom. The van der Waals surface area contributed by atoms with Crippen LogP contribution < -0.4 is 5.32 Å². The molecule has 4 heteroatoms. The molecule has 2 aliphatic rings. The molecule has 0 spiro atoms. The van der Waals surface area contributed by atoms with Crippen LogP contribution in [-0.2, 0) is 9.47 Å². The minimum atomic E-state index is -0.397. The lowest BCUT2D eigenvalue weighted by Gasteiger charge is -2.43. The number of nitrogens with one attached hydrogen (secondary N) is 1. The van der Waals surface area contributed by atoms with Crippen molar-refractivity contribution in [1.82, 2.24) is 5.32 Å². The predicted octanol–water partition coefficient (Wildman–Crippen LogP) is 2.01. The van der Waals surface area contributed by atoms with E-state index in [0.29, 0.717) is 10.8 Å². The van der Waals surface area contributed by atoms with Crippen LogP contribution in [0, 0.1) is 0 Å². The lowest BCUT2D eigenvalue weighted by molar-refractivity contribution is -0.253. The van der Waals surface area contributed by atoms with Crippen molar-refractivity contribution in [1.29, 1.82) is 0 Å². The first-order valence-electron chi connectivity index (χ1n) is 6.12. The summed E-state index contributed by atoms with van der Waals surface area (Å²) < 4.78 is 11.8. The van der Waals surface area contributed by atoms with Crippen LogP contribution in [0.2, 0.25) is 0 Å². The summed E-state index contributed by atoms with van der Waals surface area (Å²) in [5.74, 6) is -0.397. The van der Waals surface area contributed by atoms with E-state index in [-0.39, 0.29) is 0 Å². The Morgan fingerprint density at radius 3 is 2.31 bits per heavy atom. The molecule has 3 nitrogen and oxygen atoms in total. The zero-order valence-electron chi connectivity index (χ0n) is 10.5. The van der Waals surface area contributed by atoms with Gasteiger partial charge in [0, 0.05) is 11.3 Å². The molecular weight excluding hydrogens is 222 g/mol. The summed E-state index contributed by atoms with van der Waals surface area (Å²) >= 11 is 2.00. The van der Waals surface area contributed by atoms with Crippen LogP contribution in [0.1, 0.15) is 33.1 Å². The van der Waals surface area contributed by atoms with Crippen molar-refractivity contribution < 1.29 is 9.47 Å². The third-order valence-electron chi connectivity index (χ3n) is 3.67. The zero-order valence-corrected chi connectivity index (χ0v) is 11.4. The number of hydrogen-bond acceptors (Lipinski definition) is 4. The van der Waals surface area contributed by atoms with Gasteiger partial charge in [-0.25, -0.2) is 0 Å². The Hall–Kier alpha value is 0.230. The van der Waals surface area contributed by atoms with Gasteiger partial charge >= 0.3 is 0 Å². The molecule has 1 heterocycles. The molecule has 0 unspecified atom stereocenters. The van der Waals surface area contributed by atoms with E-state index < -0.39 is 5.79 Å². The van der Waals surface area contributed by atoms with Gasteiger partial charge in [-0.2, -0.15) is 11.8 Å². The smallest absolute Gasteiger partial charge is 0.162 e. The SMILES string of the molecule is CSC1(CNC2COC(C)(C)OC2)CCC1. The Kier molecular flexibility index (Phi) is 3.84. The van der Waals surface area contributed by atoms with E-state index in [2.05, 4.69) is 11.6 Å². The average molecular weight is 245 g/mol. The molecule has 0 radical (unpaired) electrons. The van der Waals surface area contributed by atoms with Crippen LogP contribution in [0.25, 0.3) is 0 Å². The second-order valence-electron chi connectivity index (χ2n) is 5.34. The molecule has 0 aromatic carbocycles. The van der Waals surface area contributed by atoms with Gasteiger partial charge in [0.25, 0.3) is 0 Å². The van der Waals surface area contributed by atoms with Crippen molar-refractivity contribution in [2.75, 3.05) is 26.0 Å². The number of hydrogen-bond donors (Lipinski definition) is 1. The summed E-state index contributed by atoms with van der Waals surface area (Å²) in [6.07, 6.45) is 6.30. The van der Waals surface area contributed by atoms with E-state index in [1.54, 1.807) is 0 Å². The van der Waals surface area contributed by atoms with Gasteiger partial charge < -0.3 is 14.8 Å². The number of rotatable bonds is 4. The quantitative estimate of drug-likeness (QED) is 0.821. The van der Waals surface area contributed by atoms with Crippen molar-refractivity contribution in [2.45, 2.75) is 49.7 Å². The van der Waals surface area contributed by atoms with Crippen LogP contribution >= 0.6 is 11.8 Å². The normalized spacial score (nSPS) is 28.7. The fourth-order valence-electron chi connectivity index (χ4n) is 2.16. The molecule has 1 aliphatic heterocycles. The molecular formula is C12H23NO2S. The van der Waals surface area contributed by atoms with Crippen molar-refractivity contribution in [3.8, 4) is 0 Å². The number of thioether (sulfide) groups is 1. The predicted molar refractivity (Wildman–Crippen MR) is 67.9 cm³/mol. The lowest BCUT2D eigenvalue weighted by Crippen LogP contribution is -2.53. The van der Waals surface area contributed by atoms with Crippen molar-refractivity contribution in [3.63, 3.8) is 0 Å². The van der Waals surface area contributed by atoms with Gasteiger partial charge in [-0.15, -0.1) is 0 Å². The van der Waals surface area contributed by atoms with Crippen molar-refractivity contribution >= 4 is 11.8 Å². The Morgan fingerprint density at radius 2 is 1.88 bits per heavy atom. The maximum absolute atomic E-state index is 5.64. The molecule has 0 amide bonds. The first-order valence-corrected chi connectivity index (χ1v) is 7.34. The van der Waals surface area contributed by atoms with Gasteiger partial charge in [-0.05, 0) is 32.9 Å². The Bertz CT molecular complexity index is 226. The fourth-order valence-corrected chi connectivity index (χ4v) is 3.09. The molecule has 1 saturated carbocycles. The van der Waals surface area contributed by atoms with E-state index in [1.807, 2.05) is 25.6 Å². The summed E-state index contributed by atoms with van der Waals surface area (Å²) in [5.41, 5.74) is 0. The first kappa shape index (κ1) is 12.7. The van der Waals surface area contributed by atoms with E-state index >= 15 is 0 Å². The highest BCUT2D eigenvalue weighted by atomic mass is 32.2. The molecule has 1 N–H and O–H groups in total. The second kappa shape index (κ2) is 4.84. The fraction of sp³-hybridized carbons (Fsp3) is 1.00. The maximum atomic E-state index is 5.64. The second-order valence-corrected chi connectivity index (χ2v) is 6.61. The standard InChI is InChI=1S/C12H23NO2S/c1-11(2)14-7-10(8-15-11)13-9-12(16-3)5-4-6-12/h10,13H,4-9H2,1-3H3. The van der Waals surface area contributed by atoms with E-state index in [4.69, 9.17) is 9.47 Å². The highest BCUT2D eigenvalue weighted by Crippen LogP contribution is 2.42. The molecule has 94 valence electrons. The van der Waals surface area contributed by atoms with E-state index in [1.165, 1.54) is 19.3 Å². The summed E-state index contributed by atoms with van der Waals surface area (Å²) in [6, 6.07) is 0.359. The minimum Gasteiger partial charge on any atom is -0.349 e. The topological polar surface area (TPSA) is 30.5 Å². The molecule has 0 aromatic heterocycles. The third-order valence-corrected chi connectivity index (χ3v) is 5.09. The van der Waals surface area contributed by atoms with Crippen molar-refractivity contribution in [2.24, 2.45) is 0 Å². The molecule has 1 aliphatic carbocycles. The van der Waals surface area contributed by atoms with E-state index in [0.717, 1.165) is 19.8 Å². The summed E-state index contributed by atoms with van der Waals surface area (Å²) in [5, 5.41) is 3.58. The van der Waals surface area contributed by atoms with E-state index in [9.17, 15) is 0 Å². The molecule has 2 rings (SSSR count). The highest BCUT2D eigenvalue weighted by molar-refractivity contribution is 8.00. The third kappa shape index (κ3) is 2.92. The van der Waals surface area contributed by atoms with Gasteiger partial charge in [0.1, 0.15) is 0 Å². The monoisotopic (exact) mass is 245 g/mol. The van der Waals surface area contributed by atoms with Gasteiger partial charge in [-0.1, -0.05) is 6.42 Å². The maximum Gasteiger partial charge on any atom is 0.162 e. The molecule has 16 heavy (non-hydrogen) atoms. The average Bonchev–Trinajstić information content (AvgIpc) is 2.19. The minimum absolute atomic E-state index is 0.359. The van der Waals surface area contributed by atoms with Gasteiger partial charge in [0.15, 0.2) is 5.79 Å². The summed E-state index contributed by atoms with van der Waals surface area (Å²) in [4.78, 5) is 0. The molecule has 0 bridgehead atoms. The highest BCUT2D eigenvalue weighted by Gasteiger charge is 2.37. The van der Waals surface area contributed by atoms with Crippen molar-refractivity contribution in [3.05, 3.63) is 0 Å². The molecule has 1 saturated heterocycles. The van der Waals surface area contributed by atoms with Gasteiger partial charge in [0.2, 0.25) is 0 Å². The largest absolute Gasteiger partial charge is 0.349 e. The van der Waals surface area contributed by atoms with Crippen LogP contribution in [0.3, 0.4) is 0 Å². The summed E-state index contributed by atoms with van der Waals surface area (Å²) in [7, 11) is 0.